The molecule has 2 aromatic carbocycles. The molecule has 1 aliphatic heterocycles. The van der Waals surface area contributed by atoms with Crippen molar-refractivity contribution in [1.29, 1.82) is 0 Å². The van der Waals surface area contributed by atoms with Crippen LogP contribution in [-0.4, -0.2) is 30.4 Å². The molecule has 1 N–H and O–H groups in total. The van der Waals surface area contributed by atoms with E-state index in [1.807, 2.05) is 24.3 Å². The molecule has 0 spiro atoms. The number of carbonyl (C=O) groups excluding carboxylic acids is 2. The zero-order chi connectivity index (χ0) is 17.8. The number of nitrogens with one attached hydrogen (secondary N) is 1. The topological polar surface area (TPSA) is 58.6 Å². The molecule has 1 saturated heterocycles. The van der Waals surface area contributed by atoms with Crippen LogP contribution in [0.5, 0.6) is 5.75 Å². The summed E-state index contributed by atoms with van der Waals surface area (Å²) in [6.07, 6.45) is 0.232. The van der Waals surface area contributed by atoms with Crippen LogP contribution in [0.15, 0.2) is 48.5 Å². The standard InChI is InChI=1S/C19H19ClN2O3/c1-25-17-8-2-13(3-9-17)11-22-12-14(10-18(22)23)19(24)21-16-6-4-15(20)5-7-16/h2-9,14H,10-12H2,1H3,(H,21,24)/t14-/m0/s1. The van der Waals surface area contributed by atoms with Crippen molar-refractivity contribution in [3.63, 3.8) is 0 Å². The van der Waals surface area contributed by atoms with Crippen LogP contribution in [0, 0.1) is 5.92 Å². The second-order valence-corrected chi connectivity index (χ2v) is 6.46. The SMILES string of the molecule is COc1ccc(CN2C[C@@H](C(=O)Nc3ccc(Cl)cc3)CC2=O)cc1. The lowest BCUT2D eigenvalue weighted by Crippen LogP contribution is -2.28. The maximum Gasteiger partial charge on any atom is 0.229 e. The molecule has 1 atom stereocenters. The smallest absolute Gasteiger partial charge is 0.229 e. The number of halogens is 1. The van der Waals surface area contributed by atoms with E-state index in [-0.39, 0.29) is 24.2 Å². The Morgan fingerprint density at radius 1 is 1.20 bits per heavy atom. The largest absolute Gasteiger partial charge is 0.497 e. The summed E-state index contributed by atoms with van der Waals surface area (Å²) in [4.78, 5) is 26.3. The molecule has 2 amide bonds. The highest BCUT2D eigenvalue weighted by molar-refractivity contribution is 6.30. The van der Waals surface area contributed by atoms with Crippen LogP contribution < -0.4 is 10.1 Å². The summed E-state index contributed by atoms with van der Waals surface area (Å²) in [5.74, 6) is 0.276. The minimum Gasteiger partial charge on any atom is -0.497 e. The molecule has 130 valence electrons. The first kappa shape index (κ1) is 17.3. The molecule has 2 aromatic rings. The van der Waals surface area contributed by atoms with Crippen molar-refractivity contribution in [2.45, 2.75) is 13.0 Å². The number of methoxy groups -OCH3 is 1. The van der Waals surface area contributed by atoms with E-state index in [1.54, 1.807) is 36.3 Å². The Labute approximate surface area is 151 Å². The molecule has 0 unspecified atom stereocenters. The number of likely N-dealkylation sites (tertiary alicyclic amines) is 1. The van der Waals surface area contributed by atoms with Crippen molar-refractivity contribution >= 4 is 29.1 Å². The Hall–Kier alpha value is -2.53. The number of nitrogens with zero attached hydrogens (tertiary/aromatic N) is 1. The average Bonchev–Trinajstić information content (AvgIpc) is 2.98. The van der Waals surface area contributed by atoms with Gasteiger partial charge in [-0.05, 0) is 42.0 Å². The monoisotopic (exact) mass is 358 g/mol. The van der Waals surface area contributed by atoms with Gasteiger partial charge < -0.3 is 15.0 Å². The second kappa shape index (κ2) is 7.57. The predicted octanol–water partition coefficient (Wildman–Crippen LogP) is 3.34. The Balaban J connectivity index is 1.59. The number of hydrogen-bond acceptors (Lipinski definition) is 3. The number of benzene rings is 2. The molecule has 3 rings (SSSR count). The molecule has 0 radical (unpaired) electrons. The van der Waals surface area contributed by atoms with Gasteiger partial charge in [-0.15, -0.1) is 0 Å². The van der Waals surface area contributed by atoms with E-state index >= 15 is 0 Å². The van der Waals surface area contributed by atoms with Gasteiger partial charge in [-0.2, -0.15) is 0 Å². The van der Waals surface area contributed by atoms with Gasteiger partial charge in [0.25, 0.3) is 0 Å². The lowest BCUT2D eigenvalue weighted by Gasteiger charge is -2.17. The van der Waals surface area contributed by atoms with Crippen LogP contribution in [0.1, 0.15) is 12.0 Å². The van der Waals surface area contributed by atoms with E-state index in [0.717, 1.165) is 11.3 Å². The first-order valence-corrected chi connectivity index (χ1v) is 8.40. The van der Waals surface area contributed by atoms with Gasteiger partial charge in [0, 0.05) is 30.2 Å². The van der Waals surface area contributed by atoms with E-state index in [0.29, 0.717) is 23.8 Å². The van der Waals surface area contributed by atoms with Crippen LogP contribution in [0.4, 0.5) is 5.69 Å². The summed E-state index contributed by atoms with van der Waals surface area (Å²) in [5, 5.41) is 3.45. The molecule has 0 aromatic heterocycles. The first-order chi connectivity index (χ1) is 12.0. The Bertz CT molecular complexity index is 759. The predicted molar refractivity (Wildman–Crippen MR) is 96.6 cm³/mol. The molecule has 0 aliphatic carbocycles. The first-order valence-electron chi connectivity index (χ1n) is 8.02. The number of anilines is 1. The lowest BCUT2D eigenvalue weighted by molar-refractivity contribution is -0.128. The Morgan fingerprint density at radius 2 is 1.88 bits per heavy atom. The van der Waals surface area contributed by atoms with Gasteiger partial charge in [-0.1, -0.05) is 23.7 Å². The van der Waals surface area contributed by atoms with E-state index in [9.17, 15) is 9.59 Å². The van der Waals surface area contributed by atoms with Crippen LogP contribution in [0.3, 0.4) is 0 Å². The minimum atomic E-state index is -0.346. The Morgan fingerprint density at radius 3 is 2.52 bits per heavy atom. The molecular weight excluding hydrogens is 340 g/mol. The number of rotatable bonds is 5. The maximum absolute atomic E-state index is 12.4. The van der Waals surface area contributed by atoms with Crippen LogP contribution in [-0.2, 0) is 16.1 Å². The van der Waals surface area contributed by atoms with E-state index < -0.39 is 0 Å². The molecule has 6 heteroatoms. The third-order valence-corrected chi connectivity index (χ3v) is 4.48. The quantitative estimate of drug-likeness (QED) is 0.891. The molecule has 25 heavy (non-hydrogen) atoms. The zero-order valence-electron chi connectivity index (χ0n) is 13.9. The normalized spacial score (nSPS) is 16.8. The van der Waals surface area contributed by atoms with Crippen molar-refractivity contribution in [2.24, 2.45) is 5.92 Å². The minimum absolute atomic E-state index is 0.00734. The van der Waals surface area contributed by atoms with Crippen LogP contribution >= 0.6 is 11.6 Å². The van der Waals surface area contributed by atoms with Crippen LogP contribution in [0.2, 0.25) is 5.02 Å². The van der Waals surface area contributed by atoms with Gasteiger partial charge in [-0.3, -0.25) is 9.59 Å². The van der Waals surface area contributed by atoms with E-state index in [1.165, 1.54) is 0 Å². The Kier molecular flexibility index (Phi) is 5.24. The van der Waals surface area contributed by atoms with Crippen LogP contribution in [0.25, 0.3) is 0 Å². The van der Waals surface area contributed by atoms with E-state index in [2.05, 4.69) is 5.32 Å². The number of hydrogen-bond donors (Lipinski definition) is 1. The molecule has 1 aliphatic rings. The number of ether oxygens (including phenoxy) is 1. The molecule has 5 nitrogen and oxygen atoms in total. The summed E-state index contributed by atoms with van der Waals surface area (Å²) in [7, 11) is 1.61. The summed E-state index contributed by atoms with van der Waals surface area (Å²) in [5.41, 5.74) is 1.68. The van der Waals surface area contributed by atoms with Crippen molar-refractivity contribution in [1.82, 2.24) is 4.90 Å². The van der Waals surface area contributed by atoms with Crippen molar-refractivity contribution in [2.75, 3.05) is 19.0 Å². The van der Waals surface area contributed by atoms with Gasteiger partial charge in [0.15, 0.2) is 0 Å². The fourth-order valence-corrected chi connectivity index (χ4v) is 2.96. The second-order valence-electron chi connectivity index (χ2n) is 6.02. The number of amides is 2. The third-order valence-electron chi connectivity index (χ3n) is 4.23. The van der Waals surface area contributed by atoms with Crippen molar-refractivity contribution in [3.05, 3.63) is 59.1 Å². The third kappa shape index (κ3) is 4.31. The fourth-order valence-electron chi connectivity index (χ4n) is 2.83. The van der Waals surface area contributed by atoms with Gasteiger partial charge in [0.2, 0.25) is 11.8 Å². The summed E-state index contributed by atoms with van der Waals surface area (Å²) in [6.45, 7) is 0.915. The van der Waals surface area contributed by atoms with Crippen molar-refractivity contribution < 1.29 is 14.3 Å². The highest BCUT2D eigenvalue weighted by atomic mass is 35.5. The van der Waals surface area contributed by atoms with Gasteiger partial charge in [0.1, 0.15) is 5.75 Å². The molecule has 0 bridgehead atoms. The molecule has 0 saturated carbocycles. The van der Waals surface area contributed by atoms with Gasteiger partial charge in [0.05, 0.1) is 13.0 Å². The van der Waals surface area contributed by atoms with E-state index in [4.69, 9.17) is 16.3 Å². The van der Waals surface area contributed by atoms with Crippen molar-refractivity contribution in [3.8, 4) is 5.75 Å². The molecular formula is C19H19ClN2O3. The summed E-state index contributed by atoms with van der Waals surface area (Å²) >= 11 is 5.84. The van der Waals surface area contributed by atoms with Gasteiger partial charge >= 0.3 is 0 Å². The molecule has 1 fully saturated rings. The lowest BCUT2D eigenvalue weighted by atomic mass is 10.1. The molecule has 1 heterocycles. The summed E-state index contributed by atoms with van der Waals surface area (Å²) in [6, 6.07) is 14.5. The highest BCUT2D eigenvalue weighted by Crippen LogP contribution is 2.23. The zero-order valence-corrected chi connectivity index (χ0v) is 14.6. The highest BCUT2D eigenvalue weighted by Gasteiger charge is 2.34. The van der Waals surface area contributed by atoms with Gasteiger partial charge in [-0.25, -0.2) is 0 Å². The summed E-state index contributed by atoms with van der Waals surface area (Å²) < 4.78 is 5.13. The maximum atomic E-state index is 12.4. The average molecular weight is 359 g/mol. The fraction of sp³-hybridized carbons (Fsp3) is 0.263. The number of carbonyl (C=O) groups is 2.